The fourth-order valence-electron chi connectivity index (χ4n) is 4.86. The number of pyridine rings is 1. The van der Waals surface area contributed by atoms with Gasteiger partial charge in [-0.25, -0.2) is 0 Å². The van der Waals surface area contributed by atoms with Crippen LogP contribution in [0.5, 0.6) is 0 Å². The largest absolute Gasteiger partial charge is 0.357 e. The molecule has 6 nitrogen and oxygen atoms in total. The Morgan fingerprint density at radius 3 is 2.79 bits per heavy atom. The number of hydrogen-bond donors (Lipinski definition) is 1. The summed E-state index contributed by atoms with van der Waals surface area (Å²) in [6, 6.07) is 10.3. The predicted octanol–water partition coefficient (Wildman–Crippen LogP) is 3.47. The van der Waals surface area contributed by atoms with Crippen molar-refractivity contribution in [2.75, 3.05) is 0 Å². The molecule has 0 amide bonds. The van der Waals surface area contributed by atoms with E-state index in [-0.39, 0.29) is 11.0 Å². The minimum absolute atomic E-state index is 0.0302. The van der Waals surface area contributed by atoms with Crippen LogP contribution >= 0.6 is 0 Å². The van der Waals surface area contributed by atoms with Crippen molar-refractivity contribution in [1.82, 2.24) is 24.3 Å². The molecular formula is C22H23N5O. The highest BCUT2D eigenvalue weighted by Gasteiger charge is 2.48. The van der Waals surface area contributed by atoms with Crippen LogP contribution in [-0.2, 0) is 12.5 Å². The normalized spacial score (nSPS) is 21.8. The van der Waals surface area contributed by atoms with E-state index in [2.05, 4.69) is 34.2 Å². The highest BCUT2D eigenvalue weighted by Crippen LogP contribution is 2.51. The number of fused-ring (bicyclic) bond motifs is 1. The highest BCUT2D eigenvalue weighted by molar-refractivity contribution is 5.82. The SMILES string of the molecule is Cc1cn(-c2cccc(C3(c4nncn4C)CC(C)C3)c2)c(=O)c2[nH]ccc12. The van der Waals surface area contributed by atoms with E-state index in [9.17, 15) is 4.79 Å². The van der Waals surface area contributed by atoms with Gasteiger partial charge in [0.05, 0.1) is 5.41 Å². The summed E-state index contributed by atoms with van der Waals surface area (Å²) in [4.78, 5) is 16.1. The van der Waals surface area contributed by atoms with E-state index in [0.29, 0.717) is 11.4 Å². The maximum Gasteiger partial charge on any atom is 0.279 e. The summed E-state index contributed by atoms with van der Waals surface area (Å²) in [5.41, 5.74) is 3.61. The van der Waals surface area contributed by atoms with Gasteiger partial charge >= 0.3 is 0 Å². The number of benzene rings is 1. The first-order valence-corrected chi connectivity index (χ1v) is 9.64. The highest BCUT2D eigenvalue weighted by atomic mass is 16.1. The van der Waals surface area contributed by atoms with Gasteiger partial charge in [-0.2, -0.15) is 0 Å². The standard InChI is InChI=1S/C22H23N5O/c1-14-10-22(11-14,21-25-24-13-26(21)3)16-5-4-6-17(9-16)27-12-15(2)18-7-8-23-19(18)20(27)28/h4-9,12-14,23H,10-11H2,1-3H3. The fraction of sp³-hybridized carbons (Fsp3) is 0.318. The summed E-state index contributed by atoms with van der Waals surface area (Å²) in [7, 11) is 2.00. The van der Waals surface area contributed by atoms with Crippen molar-refractivity contribution >= 4 is 10.9 Å². The van der Waals surface area contributed by atoms with Crippen LogP contribution in [0.4, 0.5) is 0 Å². The lowest BCUT2D eigenvalue weighted by atomic mass is 9.58. The van der Waals surface area contributed by atoms with E-state index in [1.54, 1.807) is 10.9 Å². The molecule has 0 radical (unpaired) electrons. The number of rotatable bonds is 3. The second kappa shape index (κ2) is 5.92. The van der Waals surface area contributed by atoms with Gasteiger partial charge < -0.3 is 9.55 Å². The van der Waals surface area contributed by atoms with Crippen LogP contribution in [0.3, 0.4) is 0 Å². The molecule has 142 valence electrons. The molecule has 3 aromatic heterocycles. The van der Waals surface area contributed by atoms with Gasteiger partial charge in [0.25, 0.3) is 5.56 Å². The van der Waals surface area contributed by atoms with Gasteiger partial charge in [-0.1, -0.05) is 19.1 Å². The van der Waals surface area contributed by atoms with Crippen molar-refractivity contribution in [1.29, 1.82) is 0 Å². The molecule has 1 fully saturated rings. The van der Waals surface area contributed by atoms with E-state index in [0.717, 1.165) is 35.3 Å². The number of aryl methyl sites for hydroxylation is 2. The smallest absolute Gasteiger partial charge is 0.279 e. The van der Waals surface area contributed by atoms with E-state index in [1.807, 2.05) is 49.1 Å². The van der Waals surface area contributed by atoms with E-state index in [4.69, 9.17) is 0 Å². The number of aromatic amines is 1. The maximum absolute atomic E-state index is 13.0. The number of nitrogens with zero attached hydrogens (tertiary/aromatic N) is 4. The van der Waals surface area contributed by atoms with Crippen LogP contribution < -0.4 is 5.56 Å². The van der Waals surface area contributed by atoms with Crippen LogP contribution in [0.2, 0.25) is 0 Å². The minimum Gasteiger partial charge on any atom is -0.357 e. The second-order valence-electron chi connectivity index (χ2n) is 8.16. The zero-order valence-electron chi connectivity index (χ0n) is 16.3. The third-order valence-corrected chi connectivity index (χ3v) is 6.14. The zero-order chi connectivity index (χ0) is 19.5. The molecule has 1 N–H and O–H groups in total. The number of H-pyrrole nitrogens is 1. The first-order valence-electron chi connectivity index (χ1n) is 9.64. The molecule has 0 unspecified atom stereocenters. The lowest BCUT2D eigenvalue weighted by molar-refractivity contribution is 0.185. The molecule has 0 atom stereocenters. The fourth-order valence-corrected chi connectivity index (χ4v) is 4.86. The number of aromatic nitrogens is 5. The molecular weight excluding hydrogens is 350 g/mol. The monoisotopic (exact) mass is 373 g/mol. The number of nitrogens with one attached hydrogen (secondary N) is 1. The van der Waals surface area contributed by atoms with Crippen LogP contribution in [0.25, 0.3) is 16.6 Å². The Labute approximate surface area is 162 Å². The third-order valence-electron chi connectivity index (χ3n) is 6.14. The zero-order valence-corrected chi connectivity index (χ0v) is 16.3. The summed E-state index contributed by atoms with van der Waals surface area (Å²) in [5.74, 6) is 1.63. The molecule has 28 heavy (non-hydrogen) atoms. The summed E-state index contributed by atoms with van der Waals surface area (Å²) in [5, 5.41) is 9.51. The Bertz CT molecular complexity index is 1240. The minimum atomic E-state index is -0.143. The van der Waals surface area contributed by atoms with Gasteiger partial charge in [0, 0.05) is 30.5 Å². The molecule has 5 rings (SSSR count). The second-order valence-corrected chi connectivity index (χ2v) is 8.16. The summed E-state index contributed by atoms with van der Waals surface area (Å²) < 4.78 is 3.75. The van der Waals surface area contributed by atoms with Crippen LogP contribution in [0.1, 0.15) is 36.7 Å². The first-order chi connectivity index (χ1) is 13.5. The Morgan fingerprint density at radius 1 is 1.25 bits per heavy atom. The summed E-state index contributed by atoms with van der Waals surface area (Å²) >= 11 is 0. The van der Waals surface area contributed by atoms with Crippen molar-refractivity contribution in [3.8, 4) is 5.69 Å². The lowest BCUT2D eigenvalue weighted by Crippen LogP contribution is -2.43. The van der Waals surface area contributed by atoms with Gasteiger partial charge in [0.15, 0.2) is 0 Å². The van der Waals surface area contributed by atoms with E-state index < -0.39 is 0 Å². The average molecular weight is 373 g/mol. The summed E-state index contributed by atoms with van der Waals surface area (Å²) in [6.45, 7) is 4.30. The Morgan fingerprint density at radius 2 is 2.07 bits per heavy atom. The molecule has 4 aromatic rings. The lowest BCUT2D eigenvalue weighted by Gasteiger charge is -2.46. The van der Waals surface area contributed by atoms with Crippen molar-refractivity contribution in [2.24, 2.45) is 13.0 Å². The van der Waals surface area contributed by atoms with Gasteiger partial charge in [0.1, 0.15) is 17.7 Å². The average Bonchev–Trinajstić information content (AvgIpc) is 3.32. The Hall–Kier alpha value is -3.15. The van der Waals surface area contributed by atoms with Crippen LogP contribution in [-0.4, -0.2) is 24.3 Å². The molecule has 0 spiro atoms. The van der Waals surface area contributed by atoms with Crippen molar-refractivity contribution < 1.29 is 0 Å². The third kappa shape index (κ3) is 2.30. The van der Waals surface area contributed by atoms with Crippen LogP contribution in [0, 0.1) is 12.8 Å². The van der Waals surface area contributed by atoms with Crippen molar-refractivity contribution in [2.45, 2.75) is 32.1 Å². The Balaban J connectivity index is 1.68. The first kappa shape index (κ1) is 17.0. The quantitative estimate of drug-likeness (QED) is 0.598. The molecule has 1 aromatic carbocycles. The summed E-state index contributed by atoms with van der Waals surface area (Å²) in [6.07, 6.45) is 7.57. The molecule has 1 saturated carbocycles. The topological polar surface area (TPSA) is 68.5 Å². The van der Waals surface area contributed by atoms with Gasteiger partial charge in [0.2, 0.25) is 0 Å². The Kier molecular flexibility index (Phi) is 3.59. The van der Waals surface area contributed by atoms with Crippen LogP contribution in [0.15, 0.2) is 53.8 Å². The van der Waals surface area contributed by atoms with Gasteiger partial charge in [-0.05, 0) is 55.0 Å². The molecule has 6 heteroatoms. The number of hydrogen-bond acceptors (Lipinski definition) is 3. The predicted molar refractivity (Wildman–Crippen MR) is 109 cm³/mol. The van der Waals surface area contributed by atoms with Crippen molar-refractivity contribution in [3.63, 3.8) is 0 Å². The van der Waals surface area contributed by atoms with Gasteiger partial charge in [-0.15, -0.1) is 10.2 Å². The van der Waals surface area contributed by atoms with Crippen molar-refractivity contribution in [3.05, 3.63) is 76.4 Å². The molecule has 1 aliphatic rings. The molecule has 1 aliphatic carbocycles. The molecule has 0 saturated heterocycles. The molecule has 0 bridgehead atoms. The maximum atomic E-state index is 13.0. The van der Waals surface area contributed by atoms with E-state index in [1.165, 1.54) is 5.56 Å². The van der Waals surface area contributed by atoms with E-state index >= 15 is 0 Å². The molecule has 0 aliphatic heterocycles. The van der Waals surface area contributed by atoms with Gasteiger partial charge in [-0.3, -0.25) is 9.36 Å². The molecule has 3 heterocycles.